The summed E-state index contributed by atoms with van der Waals surface area (Å²) >= 11 is 6.13. The van der Waals surface area contributed by atoms with Crippen molar-refractivity contribution in [3.63, 3.8) is 0 Å². The lowest BCUT2D eigenvalue weighted by atomic mass is 10.1. The second-order valence-corrected chi connectivity index (χ2v) is 5.12. The number of amides is 1. The van der Waals surface area contributed by atoms with E-state index in [0.717, 1.165) is 5.56 Å². The number of ether oxygens (including phenoxy) is 1. The number of methoxy groups -OCH3 is 1. The van der Waals surface area contributed by atoms with Gasteiger partial charge in [0.15, 0.2) is 0 Å². The third kappa shape index (κ3) is 3.67. The molecule has 2 aromatic rings. The maximum atomic E-state index is 12.3. The van der Waals surface area contributed by atoms with Crippen LogP contribution >= 0.6 is 11.6 Å². The lowest BCUT2D eigenvalue weighted by Crippen LogP contribution is -2.26. The van der Waals surface area contributed by atoms with Crippen LogP contribution in [0.5, 0.6) is 5.75 Å². The van der Waals surface area contributed by atoms with Gasteiger partial charge in [0.1, 0.15) is 5.75 Å². The Hall–Kier alpha value is -2.20. The van der Waals surface area contributed by atoms with Crippen molar-refractivity contribution >= 4 is 23.2 Å². The Balaban J connectivity index is 2.18. The number of anilines is 1. The lowest BCUT2D eigenvalue weighted by molar-refractivity contribution is 0.0939. The van der Waals surface area contributed by atoms with Crippen molar-refractivity contribution in [1.82, 2.24) is 5.32 Å². The van der Waals surface area contributed by atoms with Gasteiger partial charge in [0.05, 0.1) is 13.2 Å². The molecule has 5 heteroatoms. The van der Waals surface area contributed by atoms with E-state index in [9.17, 15) is 4.79 Å². The van der Waals surface area contributed by atoms with Crippen LogP contribution in [-0.2, 0) is 0 Å². The zero-order chi connectivity index (χ0) is 15.4. The average Bonchev–Trinajstić information content (AvgIpc) is 2.46. The number of hydrogen-bond donors (Lipinski definition) is 2. The maximum Gasteiger partial charge on any atom is 0.251 e. The number of carbonyl (C=O) groups is 1. The molecule has 0 aromatic heterocycles. The fourth-order valence-electron chi connectivity index (χ4n) is 2.06. The second kappa shape index (κ2) is 6.50. The van der Waals surface area contributed by atoms with Gasteiger partial charge in [-0.05, 0) is 30.7 Å². The molecule has 0 saturated heterocycles. The molecule has 0 heterocycles. The van der Waals surface area contributed by atoms with Gasteiger partial charge in [0, 0.05) is 22.3 Å². The molecule has 0 spiro atoms. The van der Waals surface area contributed by atoms with Crippen molar-refractivity contribution in [3.05, 3.63) is 58.6 Å². The highest BCUT2D eigenvalue weighted by atomic mass is 35.5. The maximum absolute atomic E-state index is 12.3. The first-order valence-corrected chi connectivity index (χ1v) is 6.89. The summed E-state index contributed by atoms with van der Waals surface area (Å²) in [6.07, 6.45) is 0. The number of nitrogen functional groups attached to an aromatic ring is 1. The third-order valence-corrected chi connectivity index (χ3v) is 3.49. The minimum Gasteiger partial charge on any atom is -0.497 e. The molecule has 21 heavy (non-hydrogen) atoms. The SMILES string of the molecule is COc1cc(N)cc(C(=O)NC(C)c2ccccc2Cl)c1. The van der Waals surface area contributed by atoms with Gasteiger partial charge in [-0.1, -0.05) is 29.8 Å². The molecular formula is C16H17ClN2O2. The van der Waals surface area contributed by atoms with Gasteiger partial charge in [0.2, 0.25) is 0 Å². The molecule has 2 rings (SSSR count). The summed E-state index contributed by atoms with van der Waals surface area (Å²) < 4.78 is 5.11. The van der Waals surface area contributed by atoms with Crippen molar-refractivity contribution in [2.75, 3.05) is 12.8 Å². The van der Waals surface area contributed by atoms with Gasteiger partial charge >= 0.3 is 0 Å². The Kier molecular flexibility index (Phi) is 4.70. The summed E-state index contributed by atoms with van der Waals surface area (Å²) in [5, 5.41) is 3.52. The number of hydrogen-bond acceptors (Lipinski definition) is 3. The van der Waals surface area contributed by atoms with E-state index in [1.54, 1.807) is 24.3 Å². The molecule has 110 valence electrons. The van der Waals surface area contributed by atoms with Gasteiger partial charge in [-0.25, -0.2) is 0 Å². The number of carbonyl (C=O) groups excluding carboxylic acids is 1. The smallest absolute Gasteiger partial charge is 0.251 e. The fraction of sp³-hybridized carbons (Fsp3) is 0.188. The molecule has 1 amide bonds. The standard InChI is InChI=1S/C16H17ClN2O2/c1-10(14-5-3-4-6-15(14)17)19-16(20)11-7-12(18)9-13(8-11)21-2/h3-10H,18H2,1-2H3,(H,19,20). The van der Waals surface area contributed by atoms with Crippen LogP contribution in [0.15, 0.2) is 42.5 Å². The molecule has 0 fully saturated rings. The van der Waals surface area contributed by atoms with Crippen molar-refractivity contribution in [3.8, 4) is 5.75 Å². The number of rotatable bonds is 4. The summed E-state index contributed by atoms with van der Waals surface area (Å²) in [7, 11) is 1.53. The molecule has 0 aliphatic heterocycles. The number of halogens is 1. The van der Waals surface area contributed by atoms with E-state index in [0.29, 0.717) is 22.0 Å². The van der Waals surface area contributed by atoms with E-state index >= 15 is 0 Å². The van der Waals surface area contributed by atoms with E-state index in [1.165, 1.54) is 7.11 Å². The molecule has 0 radical (unpaired) electrons. The van der Waals surface area contributed by atoms with Crippen LogP contribution in [0.3, 0.4) is 0 Å². The van der Waals surface area contributed by atoms with E-state index in [-0.39, 0.29) is 11.9 Å². The number of benzene rings is 2. The van der Waals surface area contributed by atoms with Crippen LogP contribution in [-0.4, -0.2) is 13.0 Å². The quantitative estimate of drug-likeness (QED) is 0.851. The fourth-order valence-corrected chi connectivity index (χ4v) is 2.35. The summed E-state index contributed by atoms with van der Waals surface area (Å²) in [6, 6.07) is 12.1. The molecule has 1 unspecified atom stereocenters. The second-order valence-electron chi connectivity index (χ2n) is 4.71. The van der Waals surface area contributed by atoms with Crippen LogP contribution in [0.1, 0.15) is 28.9 Å². The topological polar surface area (TPSA) is 64.3 Å². The van der Waals surface area contributed by atoms with E-state index < -0.39 is 0 Å². The Labute approximate surface area is 128 Å². The summed E-state index contributed by atoms with van der Waals surface area (Å²) in [5.74, 6) is 0.318. The van der Waals surface area contributed by atoms with Crippen LogP contribution in [0, 0.1) is 0 Å². The Bertz CT molecular complexity index is 658. The molecular weight excluding hydrogens is 288 g/mol. The zero-order valence-corrected chi connectivity index (χ0v) is 12.6. The molecule has 2 aromatic carbocycles. The van der Waals surface area contributed by atoms with Crippen LogP contribution in [0.25, 0.3) is 0 Å². The Morgan fingerprint density at radius 3 is 2.67 bits per heavy atom. The predicted molar refractivity (Wildman–Crippen MR) is 84.7 cm³/mol. The Morgan fingerprint density at radius 2 is 2.00 bits per heavy atom. The van der Waals surface area contributed by atoms with Crippen LogP contribution in [0.4, 0.5) is 5.69 Å². The van der Waals surface area contributed by atoms with Crippen LogP contribution < -0.4 is 15.8 Å². The Morgan fingerprint density at radius 1 is 1.29 bits per heavy atom. The minimum absolute atomic E-state index is 0.210. The van der Waals surface area contributed by atoms with Gasteiger partial charge in [-0.2, -0.15) is 0 Å². The highest BCUT2D eigenvalue weighted by Crippen LogP contribution is 2.23. The molecule has 0 aliphatic rings. The number of nitrogens with one attached hydrogen (secondary N) is 1. The summed E-state index contributed by atoms with van der Waals surface area (Å²) in [6.45, 7) is 1.88. The summed E-state index contributed by atoms with van der Waals surface area (Å²) in [5.41, 5.74) is 7.55. The largest absolute Gasteiger partial charge is 0.497 e. The molecule has 0 aliphatic carbocycles. The average molecular weight is 305 g/mol. The van der Waals surface area contributed by atoms with Crippen molar-refractivity contribution in [1.29, 1.82) is 0 Å². The van der Waals surface area contributed by atoms with Gasteiger partial charge < -0.3 is 15.8 Å². The molecule has 3 N–H and O–H groups in total. The summed E-state index contributed by atoms with van der Waals surface area (Å²) in [4.78, 5) is 12.3. The van der Waals surface area contributed by atoms with Gasteiger partial charge in [-0.3, -0.25) is 4.79 Å². The van der Waals surface area contributed by atoms with Crippen molar-refractivity contribution < 1.29 is 9.53 Å². The van der Waals surface area contributed by atoms with Gasteiger partial charge in [0.25, 0.3) is 5.91 Å². The molecule has 0 bridgehead atoms. The number of nitrogens with two attached hydrogens (primary N) is 1. The first kappa shape index (κ1) is 15.2. The van der Waals surface area contributed by atoms with Gasteiger partial charge in [-0.15, -0.1) is 0 Å². The normalized spacial score (nSPS) is 11.8. The highest BCUT2D eigenvalue weighted by Gasteiger charge is 2.14. The van der Waals surface area contributed by atoms with E-state index in [4.69, 9.17) is 22.1 Å². The first-order valence-electron chi connectivity index (χ1n) is 6.51. The monoisotopic (exact) mass is 304 g/mol. The van der Waals surface area contributed by atoms with Crippen molar-refractivity contribution in [2.24, 2.45) is 0 Å². The van der Waals surface area contributed by atoms with E-state index in [1.807, 2.05) is 25.1 Å². The van der Waals surface area contributed by atoms with Crippen molar-refractivity contribution in [2.45, 2.75) is 13.0 Å². The molecule has 1 atom stereocenters. The third-order valence-electron chi connectivity index (χ3n) is 3.15. The first-order chi connectivity index (χ1) is 10.0. The van der Waals surface area contributed by atoms with E-state index in [2.05, 4.69) is 5.32 Å². The minimum atomic E-state index is -0.229. The lowest BCUT2D eigenvalue weighted by Gasteiger charge is -2.16. The molecule has 4 nitrogen and oxygen atoms in total. The molecule has 0 saturated carbocycles. The highest BCUT2D eigenvalue weighted by molar-refractivity contribution is 6.31. The van der Waals surface area contributed by atoms with Crippen LogP contribution in [0.2, 0.25) is 5.02 Å². The predicted octanol–water partition coefficient (Wildman–Crippen LogP) is 3.42. The zero-order valence-electron chi connectivity index (χ0n) is 11.9.